The molecular formula is C18H17N3O4. The molecule has 7 nitrogen and oxygen atoms in total. The zero-order valence-electron chi connectivity index (χ0n) is 13.9. The van der Waals surface area contributed by atoms with Crippen LogP contribution in [0, 0.1) is 6.92 Å². The maximum Gasteiger partial charge on any atom is 0.337 e. The lowest BCUT2D eigenvalue weighted by molar-refractivity contribution is -0.136. The molecule has 0 saturated carbocycles. The van der Waals surface area contributed by atoms with Gasteiger partial charge in [0.15, 0.2) is 0 Å². The highest BCUT2D eigenvalue weighted by Gasteiger charge is 2.41. The number of aryl methyl sites for hydroxylation is 1. The van der Waals surface area contributed by atoms with Crippen LogP contribution in [0.15, 0.2) is 45.1 Å². The Bertz CT molecular complexity index is 1050. The van der Waals surface area contributed by atoms with Crippen LogP contribution in [0.2, 0.25) is 0 Å². The van der Waals surface area contributed by atoms with Crippen molar-refractivity contribution in [3.8, 4) is 0 Å². The van der Waals surface area contributed by atoms with Gasteiger partial charge in [0, 0.05) is 6.54 Å². The van der Waals surface area contributed by atoms with Gasteiger partial charge in [-0.25, -0.2) is 9.59 Å². The highest BCUT2D eigenvalue weighted by atomic mass is 16.5. The van der Waals surface area contributed by atoms with Crippen LogP contribution in [0.25, 0.3) is 0 Å². The number of anilines is 1. The predicted molar refractivity (Wildman–Crippen MR) is 91.6 cm³/mol. The second kappa shape index (κ2) is 5.47. The van der Waals surface area contributed by atoms with Gasteiger partial charge in [0.2, 0.25) is 0 Å². The Morgan fingerprint density at radius 3 is 2.80 bits per heavy atom. The lowest BCUT2D eigenvalue weighted by Crippen LogP contribution is -2.38. The number of nitrogens with zero attached hydrogens (tertiary/aromatic N) is 1. The number of hydrogen-bond donors (Lipinski definition) is 2. The zero-order chi connectivity index (χ0) is 17.7. The monoisotopic (exact) mass is 339 g/mol. The number of fused-ring (bicyclic) bond motifs is 1. The summed E-state index contributed by atoms with van der Waals surface area (Å²) in [6.07, 6.45) is 0. The third-order valence-corrected chi connectivity index (χ3v) is 4.67. The van der Waals surface area contributed by atoms with Crippen LogP contribution in [0.1, 0.15) is 29.5 Å². The van der Waals surface area contributed by atoms with Crippen molar-refractivity contribution in [2.75, 3.05) is 11.9 Å². The molecule has 2 aliphatic rings. The van der Waals surface area contributed by atoms with Gasteiger partial charge in [-0.1, -0.05) is 29.8 Å². The van der Waals surface area contributed by atoms with Crippen LogP contribution in [-0.2, 0) is 16.1 Å². The number of carbonyl (C=O) groups is 1. The molecule has 0 radical (unpaired) electrons. The Labute approximate surface area is 143 Å². The van der Waals surface area contributed by atoms with Crippen LogP contribution in [0.5, 0.6) is 0 Å². The number of hydrogen-bond acceptors (Lipinski definition) is 5. The van der Waals surface area contributed by atoms with Gasteiger partial charge in [-0.15, -0.1) is 0 Å². The number of cyclic esters (lactones) is 1. The molecule has 0 aliphatic carbocycles. The van der Waals surface area contributed by atoms with Crippen molar-refractivity contribution < 1.29 is 9.53 Å². The van der Waals surface area contributed by atoms with Crippen molar-refractivity contribution in [3.05, 3.63) is 73.1 Å². The molecule has 2 N–H and O–H groups in total. The van der Waals surface area contributed by atoms with Gasteiger partial charge in [-0.2, -0.15) is 0 Å². The molecule has 3 heterocycles. The van der Waals surface area contributed by atoms with Gasteiger partial charge in [0.25, 0.3) is 5.56 Å². The van der Waals surface area contributed by atoms with Gasteiger partial charge in [-0.3, -0.25) is 14.3 Å². The summed E-state index contributed by atoms with van der Waals surface area (Å²) in [5, 5.41) is 3.08. The van der Waals surface area contributed by atoms with E-state index in [1.54, 1.807) is 0 Å². The van der Waals surface area contributed by atoms with Gasteiger partial charge < -0.3 is 10.1 Å². The van der Waals surface area contributed by atoms with Crippen LogP contribution in [0.4, 0.5) is 5.82 Å². The van der Waals surface area contributed by atoms with E-state index in [-0.39, 0.29) is 6.61 Å². The van der Waals surface area contributed by atoms with Crippen molar-refractivity contribution in [1.82, 2.24) is 9.55 Å². The van der Waals surface area contributed by atoms with E-state index >= 15 is 0 Å². The highest BCUT2D eigenvalue weighted by Crippen LogP contribution is 2.42. The first-order chi connectivity index (χ1) is 12.0. The van der Waals surface area contributed by atoms with Crippen molar-refractivity contribution in [2.45, 2.75) is 26.3 Å². The molecule has 25 heavy (non-hydrogen) atoms. The summed E-state index contributed by atoms with van der Waals surface area (Å²) in [6, 6.07) is 7.66. The second-order valence-electron chi connectivity index (χ2n) is 6.21. The fourth-order valence-electron chi connectivity index (χ4n) is 3.57. The average Bonchev–Trinajstić information content (AvgIpc) is 2.94. The molecule has 1 aromatic carbocycles. The minimum absolute atomic E-state index is 0.112. The molecule has 0 spiro atoms. The Balaban J connectivity index is 2.07. The van der Waals surface area contributed by atoms with E-state index < -0.39 is 23.1 Å². The third kappa shape index (κ3) is 2.23. The van der Waals surface area contributed by atoms with E-state index in [1.165, 1.54) is 4.57 Å². The van der Waals surface area contributed by atoms with Crippen molar-refractivity contribution in [1.29, 1.82) is 0 Å². The molecule has 4 rings (SSSR count). The van der Waals surface area contributed by atoms with Gasteiger partial charge in [0.1, 0.15) is 12.4 Å². The molecule has 128 valence electrons. The number of H-pyrrole nitrogens is 1. The topological polar surface area (TPSA) is 93.2 Å². The predicted octanol–water partition coefficient (Wildman–Crippen LogP) is 1.23. The first-order valence-corrected chi connectivity index (χ1v) is 8.12. The van der Waals surface area contributed by atoms with Crippen LogP contribution >= 0.6 is 0 Å². The Hall–Kier alpha value is -3.09. The first kappa shape index (κ1) is 15.4. The number of ether oxygens (including phenoxy) is 1. The molecule has 7 heteroatoms. The normalized spacial score (nSPS) is 18.5. The van der Waals surface area contributed by atoms with E-state index in [0.717, 1.165) is 11.1 Å². The maximum atomic E-state index is 12.6. The number of rotatable bonds is 2. The third-order valence-electron chi connectivity index (χ3n) is 4.67. The van der Waals surface area contributed by atoms with Crippen LogP contribution in [-0.4, -0.2) is 22.1 Å². The summed E-state index contributed by atoms with van der Waals surface area (Å²) in [7, 11) is 0. The largest absolute Gasteiger partial charge is 0.456 e. The Morgan fingerprint density at radius 1 is 1.28 bits per heavy atom. The summed E-state index contributed by atoms with van der Waals surface area (Å²) in [5.74, 6) is -0.573. The molecule has 1 atom stereocenters. The summed E-state index contributed by atoms with van der Waals surface area (Å²) in [5.41, 5.74) is 2.28. The molecule has 2 aromatic rings. The van der Waals surface area contributed by atoms with Crippen LogP contribution < -0.4 is 16.6 Å². The number of nitrogens with one attached hydrogen (secondary N) is 2. The highest BCUT2D eigenvalue weighted by molar-refractivity contribution is 5.96. The SMILES string of the molecule is CCn1c2c(c(=O)[nH]c1=O)C(c1cccc(C)c1)C1=C(COC1=O)N2. The lowest BCUT2D eigenvalue weighted by Gasteiger charge is -2.28. The molecule has 0 bridgehead atoms. The minimum atomic E-state index is -0.566. The molecule has 1 unspecified atom stereocenters. The number of carbonyl (C=O) groups excluding carboxylic acids is 1. The number of aromatic amines is 1. The molecule has 0 amide bonds. The smallest absolute Gasteiger partial charge is 0.337 e. The maximum absolute atomic E-state index is 12.6. The van der Waals surface area contributed by atoms with Gasteiger partial charge >= 0.3 is 11.7 Å². The van der Waals surface area contributed by atoms with Crippen molar-refractivity contribution in [2.24, 2.45) is 0 Å². The van der Waals surface area contributed by atoms with E-state index in [0.29, 0.717) is 29.2 Å². The number of esters is 1. The second-order valence-corrected chi connectivity index (χ2v) is 6.21. The lowest BCUT2D eigenvalue weighted by atomic mass is 9.82. The van der Waals surface area contributed by atoms with E-state index in [9.17, 15) is 14.4 Å². The number of benzene rings is 1. The summed E-state index contributed by atoms with van der Waals surface area (Å²) >= 11 is 0. The van der Waals surface area contributed by atoms with Gasteiger partial charge in [-0.05, 0) is 19.4 Å². The first-order valence-electron chi connectivity index (χ1n) is 8.12. The molecule has 0 saturated heterocycles. The van der Waals surface area contributed by atoms with E-state index in [1.807, 2.05) is 38.1 Å². The van der Waals surface area contributed by atoms with Crippen LogP contribution in [0.3, 0.4) is 0 Å². The average molecular weight is 339 g/mol. The minimum Gasteiger partial charge on any atom is -0.456 e. The Kier molecular flexibility index (Phi) is 3.38. The fourth-order valence-corrected chi connectivity index (χ4v) is 3.57. The molecule has 1 aromatic heterocycles. The number of aromatic nitrogens is 2. The van der Waals surface area contributed by atoms with Crippen molar-refractivity contribution in [3.63, 3.8) is 0 Å². The Morgan fingerprint density at radius 2 is 2.08 bits per heavy atom. The molecular weight excluding hydrogens is 322 g/mol. The zero-order valence-corrected chi connectivity index (χ0v) is 13.9. The molecule has 2 aliphatic heterocycles. The molecule has 0 fully saturated rings. The van der Waals surface area contributed by atoms with E-state index in [2.05, 4.69) is 10.3 Å². The summed E-state index contributed by atoms with van der Waals surface area (Å²) < 4.78 is 6.65. The van der Waals surface area contributed by atoms with E-state index in [4.69, 9.17) is 4.74 Å². The van der Waals surface area contributed by atoms with Gasteiger partial charge in [0.05, 0.1) is 22.8 Å². The summed E-state index contributed by atoms with van der Waals surface area (Å²) in [6.45, 7) is 4.28. The standard InChI is InChI=1S/C18H17N3O4/c1-3-21-15-14(16(22)20-18(21)24)12(10-6-4-5-9(2)7-10)13-11(19-15)8-25-17(13)23/h4-7,12,19H,3,8H2,1-2H3,(H,20,22,24). The fraction of sp³-hybridized carbons (Fsp3) is 0.278. The quantitative estimate of drug-likeness (QED) is 0.803. The summed E-state index contributed by atoms with van der Waals surface area (Å²) in [4.78, 5) is 39.5. The van der Waals surface area contributed by atoms with Crippen molar-refractivity contribution >= 4 is 11.8 Å².